The molecule has 0 unspecified atom stereocenters. The molecule has 0 aromatic heterocycles. The van der Waals surface area contributed by atoms with Crippen LogP contribution in [0.15, 0.2) is 66.7 Å². The second kappa shape index (κ2) is 9.08. The van der Waals surface area contributed by atoms with Crippen LogP contribution in [-0.4, -0.2) is 24.5 Å². The number of hydrogen-bond acceptors (Lipinski definition) is 5. The molecule has 2 N–H and O–H groups in total. The Hall–Kier alpha value is -3.25. The minimum absolute atomic E-state index is 0.0557. The second-order valence-corrected chi connectivity index (χ2v) is 14.0. The zero-order valence-electron chi connectivity index (χ0n) is 19.2. The van der Waals surface area contributed by atoms with Gasteiger partial charge in [0.15, 0.2) is 0 Å². The molecule has 3 aromatic rings. The number of carbonyl (C=O) groups excluding carboxylic acids is 1. The minimum atomic E-state index is -2.45. The number of aromatic hydroxyl groups is 2. The number of ether oxygens (including phenoxy) is 1. The van der Waals surface area contributed by atoms with E-state index in [1.165, 1.54) is 6.07 Å². The first kappa shape index (κ1) is 23.4. The standard InChI is InChI=1S/C26H30O5Si/c1-26(2,3)32(4,5)31-24-22(19-14-10-7-11-15-19)20(27)16-21(28)23(24)25(29)30-17-18-12-8-6-9-13-18/h6-16,27-28H,17H2,1-5H3. The van der Waals surface area contributed by atoms with Crippen LogP contribution in [0.2, 0.25) is 18.1 Å². The molecule has 6 heteroatoms. The van der Waals surface area contributed by atoms with Crippen LogP contribution in [-0.2, 0) is 11.3 Å². The van der Waals surface area contributed by atoms with Crippen LogP contribution in [0.1, 0.15) is 36.7 Å². The SMILES string of the molecule is CC(C)(C)[Si](C)(C)Oc1c(C(=O)OCc2ccccc2)c(O)cc(O)c1-c1ccccc1. The Morgan fingerprint density at radius 2 is 1.47 bits per heavy atom. The smallest absolute Gasteiger partial charge is 0.346 e. The first-order chi connectivity index (χ1) is 15.0. The zero-order chi connectivity index (χ0) is 23.5. The number of carbonyl (C=O) groups is 1. The number of esters is 1. The Morgan fingerprint density at radius 1 is 0.906 bits per heavy atom. The van der Waals surface area contributed by atoms with E-state index in [0.717, 1.165) is 5.56 Å². The van der Waals surface area contributed by atoms with Crippen molar-refractivity contribution in [3.63, 3.8) is 0 Å². The van der Waals surface area contributed by atoms with Crippen molar-refractivity contribution in [2.45, 2.75) is 45.5 Å². The topological polar surface area (TPSA) is 76.0 Å². The lowest BCUT2D eigenvalue weighted by atomic mass is 9.99. The monoisotopic (exact) mass is 450 g/mol. The largest absolute Gasteiger partial charge is 0.542 e. The molecular formula is C26H30O5Si. The maximum atomic E-state index is 13.2. The summed E-state index contributed by atoms with van der Waals surface area (Å²) in [5.41, 5.74) is 1.78. The van der Waals surface area contributed by atoms with E-state index in [1.807, 2.05) is 73.8 Å². The third-order valence-electron chi connectivity index (χ3n) is 5.88. The molecule has 5 nitrogen and oxygen atoms in total. The molecule has 0 heterocycles. The Balaban J connectivity index is 2.14. The van der Waals surface area contributed by atoms with Crippen molar-refractivity contribution < 1.29 is 24.2 Å². The Morgan fingerprint density at radius 3 is 2.03 bits per heavy atom. The van der Waals surface area contributed by atoms with E-state index in [0.29, 0.717) is 11.1 Å². The van der Waals surface area contributed by atoms with E-state index in [9.17, 15) is 15.0 Å². The second-order valence-electron chi connectivity index (χ2n) is 9.28. The quantitative estimate of drug-likeness (QED) is 0.331. The van der Waals surface area contributed by atoms with Crippen molar-refractivity contribution >= 4 is 14.3 Å². The van der Waals surface area contributed by atoms with Gasteiger partial charge < -0.3 is 19.4 Å². The summed E-state index contributed by atoms with van der Waals surface area (Å²) in [6.07, 6.45) is 0. The average Bonchev–Trinajstić information content (AvgIpc) is 2.72. The highest BCUT2D eigenvalue weighted by molar-refractivity contribution is 6.74. The molecular weight excluding hydrogens is 420 g/mol. The molecule has 0 saturated heterocycles. The van der Waals surface area contributed by atoms with Crippen LogP contribution < -0.4 is 4.43 Å². The van der Waals surface area contributed by atoms with Gasteiger partial charge in [0.25, 0.3) is 8.32 Å². The predicted molar refractivity (Wildman–Crippen MR) is 129 cm³/mol. The molecule has 168 valence electrons. The molecule has 0 atom stereocenters. The Labute approximate surface area is 190 Å². The lowest BCUT2D eigenvalue weighted by molar-refractivity contribution is 0.0467. The molecule has 0 aliphatic heterocycles. The van der Waals surface area contributed by atoms with Crippen molar-refractivity contribution in [3.8, 4) is 28.4 Å². The van der Waals surface area contributed by atoms with Crippen molar-refractivity contribution in [1.29, 1.82) is 0 Å². The lowest BCUT2D eigenvalue weighted by Crippen LogP contribution is -2.44. The third kappa shape index (κ3) is 4.97. The molecule has 0 aliphatic carbocycles. The Bertz CT molecular complexity index is 1090. The van der Waals surface area contributed by atoms with E-state index in [4.69, 9.17) is 9.16 Å². The van der Waals surface area contributed by atoms with E-state index in [-0.39, 0.29) is 34.5 Å². The van der Waals surface area contributed by atoms with E-state index in [2.05, 4.69) is 20.8 Å². The molecule has 0 amide bonds. The van der Waals surface area contributed by atoms with Crippen LogP contribution in [0.3, 0.4) is 0 Å². The molecule has 0 spiro atoms. The first-order valence-electron chi connectivity index (χ1n) is 10.6. The van der Waals surface area contributed by atoms with Gasteiger partial charge in [0.2, 0.25) is 0 Å². The van der Waals surface area contributed by atoms with Gasteiger partial charge in [0.1, 0.15) is 29.4 Å². The number of phenols is 2. The van der Waals surface area contributed by atoms with Crippen LogP contribution >= 0.6 is 0 Å². The average molecular weight is 451 g/mol. The van der Waals surface area contributed by atoms with Crippen LogP contribution in [0.4, 0.5) is 0 Å². The van der Waals surface area contributed by atoms with Crippen molar-refractivity contribution in [1.82, 2.24) is 0 Å². The highest BCUT2D eigenvalue weighted by Crippen LogP contribution is 2.48. The molecule has 0 radical (unpaired) electrons. The summed E-state index contributed by atoms with van der Waals surface area (Å²) in [5, 5.41) is 21.3. The third-order valence-corrected chi connectivity index (χ3v) is 10.2. The van der Waals surface area contributed by atoms with Gasteiger partial charge in [-0.25, -0.2) is 4.79 Å². The van der Waals surface area contributed by atoms with Gasteiger partial charge in [-0.1, -0.05) is 81.4 Å². The van der Waals surface area contributed by atoms with Gasteiger partial charge in [0, 0.05) is 6.07 Å². The van der Waals surface area contributed by atoms with Crippen LogP contribution in [0.25, 0.3) is 11.1 Å². The number of phenolic OH excluding ortho intramolecular Hbond substituents is 2. The predicted octanol–water partition coefficient (Wildman–Crippen LogP) is 6.51. The maximum absolute atomic E-state index is 13.2. The minimum Gasteiger partial charge on any atom is -0.542 e. The fourth-order valence-corrected chi connectivity index (χ4v) is 4.04. The highest BCUT2D eigenvalue weighted by atomic mass is 28.4. The summed E-state index contributed by atoms with van der Waals surface area (Å²) >= 11 is 0. The summed E-state index contributed by atoms with van der Waals surface area (Å²) in [6, 6.07) is 19.7. The van der Waals surface area contributed by atoms with Crippen LogP contribution in [0.5, 0.6) is 17.2 Å². The van der Waals surface area contributed by atoms with Crippen molar-refractivity contribution in [3.05, 3.63) is 77.9 Å². The van der Waals surface area contributed by atoms with Gasteiger partial charge in [-0.15, -0.1) is 0 Å². The summed E-state index contributed by atoms with van der Waals surface area (Å²) in [6.45, 7) is 10.4. The summed E-state index contributed by atoms with van der Waals surface area (Å²) in [4.78, 5) is 13.2. The lowest BCUT2D eigenvalue weighted by Gasteiger charge is -2.37. The molecule has 3 aromatic carbocycles. The Kier molecular flexibility index (Phi) is 6.65. The number of benzene rings is 3. The number of rotatable bonds is 6. The molecule has 0 bridgehead atoms. The summed E-state index contributed by atoms with van der Waals surface area (Å²) in [7, 11) is -2.45. The van der Waals surface area contributed by atoms with Crippen molar-refractivity contribution in [2.24, 2.45) is 0 Å². The van der Waals surface area contributed by atoms with Gasteiger partial charge >= 0.3 is 5.97 Å². The van der Waals surface area contributed by atoms with Gasteiger partial charge in [-0.2, -0.15) is 0 Å². The zero-order valence-corrected chi connectivity index (χ0v) is 20.2. The van der Waals surface area contributed by atoms with Crippen LogP contribution in [0, 0.1) is 0 Å². The molecule has 32 heavy (non-hydrogen) atoms. The van der Waals surface area contributed by atoms with E-state index >= 15 is 0 Å². The fourth-order valence-electron chi connectivity index (χ4n) is 3.02. The normalized spacial score (nSPS) is 11.8. The molecule has 0 aliphatic rings. The maximum Gasteiger partial charge on any atom is 0.346 e. The molecule has 0 saturated carbocycles. The van der Waals surface area contributed by atoms with E-state index < -0.39 is 14.3 Å². The molecule has 0 fully saturated rings. The molecule has 3 rings (SSSR count). The van der Waals surface area contributed by atoms with Gasteiger partial charge in [0.05, 0.1) is 5.56 Å². The van der Waals surface area contributed by atoms with Crippen molar-refractivity contribution in [2.75, 3.05) is 0 Å². The highest BCUT2D eigenvalue weighted by Gasteiger charge is 2.41. The fraction of sp³-hybridized carbons (Fsp3) is 0.269. The summed E-state index contributed by atoms with van der Waals surface area (Å²) in [5.74, 6) is -1.11. The number of hydrogen-bond donors (Lipinski definition) is 2. The van der Waals surface area contributed by atoms with E-state index in [1.54, 1.807) is 0 Å². The first-order valence-corrected chi connectivity index (χ1v) is 13.5. The van der Waals surface area contributed by atoms with Gasteiger partial charge in [-0.3, -0.25) is 0 Å². The summed E-state index contributed by atoms with van der Waals surface area (Å²) < 4.78 is 12.1. The van der Waals surface area contributed by atoms with Gasteiger partial charge in [-0.05, 0) is 29.3 Å².